The van der Waals surface area contributed by atoms with Gasteiger partial charge in [0, 0.05) is 0 Å². The van der Waals surface area contributed by atoms with Crippen LogP contribution in [0.15, 0.2) is 66.2 Å². The van der Waals surface area contributed by atoms with Crippen LogP contribution < -0.4 is 0 Å². The van der Waals surface area contributed by atoms with Gasteiger partial charge in [-0.1, -0.05) is 98.5 Å². The molecule has 0 nitrogen and oxygen atoms in total. The molecule has 3 aromatic rings. The molecule has 1 fully saturated rings. The lowest BCUT2D eigenvalue weighted by molar-refractivity contribution is 0.265. The van der Waals surface area contributed by atoms with Gasteiger partial charge in [-0.2, -0.15) is 0 Å². The maximum absolute atomic E-state index is 2.54. The highest BCUT2D eigenvalue weighted by atomic mass is 14.4. The van der Waals surface area contributed by atoms with Gasteiger partial charge in [-0.25, -0.2) is 0 Å². The lowest BCUT2D eigenvalue weighted by atomic mass is 9.76. The molecule has 0 bridgehead atoms. The summed E-state index contributed by atoms with van der Waals surface area (Å²) in [7, 11) is 0. The van der Waals surface area contributed by atoms with E-state index < -0.39 is 0 Å². The fourth-order valence-corrected chi connectivity index (χ4v) is 5.90. The predicted octanol–water partition coefficient (Wildman–Crippen LogP) is 8.20. The van der Waals surface area contributed by atoms with E-state index in [9.17, 15) is 0 Å². The zero-order valence-electron chi connectivity index (χ0n) is 17.0. The highest BCUT2D eigenvalue weighted by molar-refractivity contribution is 5.99. The van der Waals surface area contributed by atoms with Crippen LogP contribution in [0.5, 0.6) is 0 Å². The van der Waals surface area contributed by atoms with Crippen molar-refractivity contribution in [3.05, 3.63) is 77.4 Å². The van der Waals surface area contributed by atoms with Gasteiger partial charge in [-0.05, 0) is 70.5 Å². The van der Waals surface area contributed by atoms with E-state index in [-0.39, 0.29) is 0 Å². The monoisotopic (exact) mass is 366 g/mol. The molecule has 0 unspecified atom stereocenters. The van der Waals surface area contributed by atoms with E-state index in [1.807, 2.05) is 0 Å². The average molecular weight is 367 g/mol. The maximum atomic E-state index is 2.54. The summed E-state index contributed by atoms with van der Waals surface area (Å²) in [6.45, 7) is 2.36. The Morgan fingerprint density at radius 3 is 2.43 bits per heavy atom. The van der Waals surface area contributed by atoms with E-state index in [2.05, 4.69) is 73.7 Å². The molecule has 0 heteroatoms. The quantitative estimate of drug-likeness (QED) is 0.427. The Balaban J connectivity index is 1.54. The summed E-state index contributed by atoms with van der Waals surface area (Å²) < 4.78 is 0. The molecule has 0 saturated heterocycles. The second-order valence-electron chi connectivity index (χ2n) is 9.02. The summed E-state index contributed by atoms with van der Waals surface area (Å²) in [6, 6.07) is 22.4. The molecule has 0 aromatic heterocycles. The second kappa shape index (κ2) is 7.24. The van der Waals surface area contributed by atoms with Crippen LogP contribution in [-0.4, -0.2) is 0 Å². The van der Waals surface area contributed by atoms with Crippen molar-refractivity contribution < 1.29 is 0 Å². The molecule has 1 saturated carbocycles. The first kappa shape index (κ1) is 17.7. The van der Waals surface area contributed by atoms with E-state index in [4.69, 9.17) is 0 Å². The minimum atomic E-state index is 0.586. The summed E-state index contributed by atoms with van der Waals surface area (Å²) in [6.07, 6.45) is 13.5. The van der Waals surface area contributed by atoms with Crippen molar-refractivity contribution in [2.24, 2.45) is 5.41 Å². The zero-order chi connectivity index (χ0) is 19.0. The van der Waals surface area contributed by atoms with Crippen molar-refractivity contribution in [2.75, 3.05) is 0 Å². The summed E-state index contributed by atoms with van der Waals surface area (Å²) in [4.78, 5) is 0. The van der Waals surface area contributed by atoms with E-state index in [1.54, 1.807) is 5.57 Å². The van der Waals surface area contributed by atoms with Crippen molar-refractivity contribution in [3.63, 3.8) is 0 Å². The standard InChI is InChI=1S/C28H30/c1-2-15-28(16-5-6-17-28)20-21-18-23-11-8-14-26(27(23)19-21)25-13-7-10-22-9-3-4-12-24(22)25/h3-4,7-14,19H,2,5-6,15-18,20H2,1H3. The summed E-state index contributed by atoms with van der Waals surface area (Å²) in [5.74, 6) is 0. The third-order valence-corrected chi connectivity index (χ3v) is 7.09. The molecule has 3 aromatic carbocycles. The van der Waals surface area contributed by atoms with Crippen LogP contribution in [0, 0.1) is 5.41 Å². The Morgan fingerprint density at radius 2 is 1.57 bits per heavy atom. The van der Waals surface area contributed by atoms with Crippen LogP contribution in [0.2, 0.25) is 0 Å². The number of fused-ring (bicyclic) bond motifs is 2. The molecular weight excluding hydrogens is 336 g/mol. The molecule has 0 N–H and O–H groups in total. The number of allylic oxidation sites excluding steroid dienone is 1. The van der Waals surface area contributed by atoms with Crippen LogP contribution in [0.3, 0.4) is 0 Å². The fraction of sp³-hybridized carbons (Fsp3) is 0.357. The molecular formula is C28H30. The molecule has 2 aliphatic rings. The lowest BCUT2D eigenvalue weighted by Gasteiger charge is -2.29. The second-order valence-corrected chi connectivity index (χ2v) is 9.02. The van der Waals surface area contributed by atoms with Crippen LogP contribution in [0.25, 0.3) is 28.0 Å². The smallest absolute Gasteiger partial charge is 0.00574 e. The first-order valence-electron chi connectivity index (χ1n) is 11.1. The Bertz CT molecular complexity index is 1030. The van der Waals surface area contributed by atoms with E-state index >= 15 is 0 Å². The Hall–Kier alpha value is -2.34. The van der Waals surface area contributed by atoms with Gasteiger partial charge in [0.25, 0.3) is 0 Å². The van der Waals surface area contributed by atoms with Crippen molar-refractivity contribution in [1.82, 2.24) is 0 Å². The SMILES string of the molecule is CCCC1(CC2=Cc3c(cccc3-c3cccc4ccccc34)C2)CCCC1. The normalized spacial score (nSPS) is 17.7. The predicted molar refractivity (Wildman–Crippen MR) is 121 cm³/mol. The molecule has 2 aliphatic carbocycles. The van der Waals surface area contributed by atoms with Crippen molar-refractivity contribution >= 4 is 16.8 Å². The highest BCUT2D eigenvalue weighted by Gasteiger charge is 2.34. The topological polar surface area (TPSA) is 0 Å². The first-order valence-corrected chi connectivity index (χ1v) is 11.1. The molecule has 0 amide bonds. The summed E-state index contributed by atoms with van der Waals surface area (Å²) in [5, 5.41) is 2.69. The minimum absolute atomic E-state index is 0.586. The largest absolute Gasteiger partial charge is 0.0654 e. The number of benzene rings is 3. The van der Waals surface area contributed by atoms with E-state index in [1.165, 1.54) is 78.0 Å². The summed E-state index contributed by atoms with van der Waals surface area (Å²) in [5.41, 5.74) is 8.01. The summed E-state index contributed by atoms with van der Waals surface area (Å²) >= 11 is 0. The van der Waals surface area contributed by atoms with E-state index in [0.29, 0.717) is 5.41 Å². The highest BCUT2D eigenvalue weighted by Crippen LogP contribution is 2.49. The van der Waals surface area contributed by atoms with Crippen molar-refractivity contribution in [1.29, 1.82) is 0 Å². The third kappa shape index (κ3) is 3.09. The number of hydrogen-bond donors (Lipinski definition) is 0. The zero-order valence-corrected chi connectivity index (χ0v) is 17.0. The Morgan fingerprint density at radius 1 is 0.821 bits per heavy atom. The van der Waals surface area contributed by atoms with Gasteiger partial charge >= 0.3 is 0 Å². The van der Waals surface area contributed by atoms with Crippen LogP contribution >= 0.6 is 0 Å². The maximum Gasteiger partial charge on any atom is -0.00574 e. The average Bonchev–Trinajstić information content (AvgIpc) is 3.34. The third-order valence-electron chi connectivity index (χ3n) is 7.09. The van der Waals surface area contributed by atoms with Crippen LogP contribution in [0.4, 0.5) is 0 Å². The fourth-order valence-electron chi connectivity index (χ4n) is 5.90. The molecule has 28 heavy (non-hydrogen) atoms. The van der Waals surface area contributed by atoms with Gasteiger partial charge in [0.2, 0.25) is 0 Å². The molecule has 0 heterocycles. The Kier molecular flexibility index (Phi) is 4.59. The lowest BCUT2D eigenvalue weighted by Crippen LogP contribution is -2.17. The van der Waals surface area contributed by atoms with Gasteiger partial charge < -0.3 is 0 Å². The van der Waals surface area contributed by atoms with Gasteiger partial charge in [-0.15, -0.1) is 0 Å². The first-order chi connectivity index (χ1) is 13.8. The molecule has 0 atom stereocenters. The Labute approximate surface area is 169 Å². The van der Waals surface area contributed by atoms with Crippen molar-refractivity contribution in [3.8, 4) is 11.1 Å². The molecule has 5 rings (SSSR count). The van der Waals surface area contributed by atoms with Crippen molar-refractivity contribution in [2.45, 2.75) is 58.3 Å². The van der Waals surface area contributed by atoms with Gasteiger partial charge in [0.05, 0.1) is 0 Å². The molecule has 0 spiro atoms. The molecule has 0 aliphatic heterocycles. The number of rotatable bonds is 5. The van der Waals surface area contributed by atoms with Crippen LogP contribution in [0.1, 0.15) is 63.0 Å². The molecule has 142 valence electrons. The van der Waals surface area contributed by atoms with Gasteiger partial charge in [0.1, 0.15) is 0 Å². The molecule has 0 radical (unpaired) electrons. The van der Waals surface area contributed by atoms with Crippen LogP contribution in [-0.2, 0) is 6.42 Å². The minimum Gasteiger partial charge on any atom is -0.0654 e. The van der Waals surface area contributed by atoms with E-state index in [0.717, 1.165) is 6.42 Å². The van der Waals surface area contributed by atoms with Gasteiger partial charge in [0.15, 0.2) is 0 Å². The number of hydrogen-bond acceptors (Lipinski definition) is 0. The van der Waals surface area contributed by atoms with Gasteiger partial charge in [-0.3, -0.25) is 0 Å².